The molecule has 0 unspecified atom stereocenters. The maximum Gasteiger partial charge on any atom is 0.264 e. The van der Waals surface area contributed by atoms with E-state index in [9.17, 15) is 18.0 Å². The first-order valence-electron chi connectivity index (χ1n) is 12.1. The lowest BCUT2D eigenvalue weighted by atomic mass is 10.1. The largest absolute Gasteiger partial charge is 0.350 e. The van der Waals surface area contributed by atoms with Gasteiger partial charge in [0.05, 0.1) is 20.6 Å². The maximum absolute atomic E-state index is 13.9. The Hall–Kier alpha value is -2.34. The molecule has 0 radical (unpaired) electrons. The molecule has 1 N–H and O–H groups in total. The van der Waals surface area contributed by atoms with E-state index in [4.69, 9.17) is 23.2 Å². The van der Waals surface area contributed by atoms with Gasteiger partial charge in [-0.2, -0.15) is 0 Å². The predicted octanol–water partition coefficient (Wildman–Crippen LogP) is 6.13. The molecule has 0 saturated carbocycles. The fourth-order valence-corrected chi connectivity index (χ4v) is 5.86. The number of carbonyl (C=O) groups is 2. The second kappa shape index (κ2) is 12.9. The number of rotatable bonds is 9. The molecule has 0 saturated heterocycles. The van der Waals surface area contributed by atoms with Crippen LogP contribution in [0.3, 0.4) is 0 Å². The molecule has 0 bridgehead atoms. The van der Waals surface area contributed by atoms with Crippen LogP contribution in [-0.2, 0) is 26.2 Å². The Kier molecular flexibility index (Phi) is 10.3. The highest BCUT2D eigenvalue weighted by atomic mass is 127. The molecule has 0 aromatic heterocycles. The summed E-state index contributed by atoms with van der Waals surface area (Å²) in [6.07, 6.45) is 0. The van der Waals surface area contributed by atoms with Crippen molar-refractivity contribution in [1.82, 2.24) is 10.2 Å². The van der Waals surface area contributed by atoms with E-state index in [0.29, 0.717) is 21.3 Å². The van der Waals surface area contributed by atoms with Crippen molar-refractivity contribution < 1.29 is 18.0 Å². The van der Waals surface area contributed by atoms with Crippen molar-refractivity contribution in [3.8, 4) is 0 Å². The number of amides is 2. The monoisotopic (exact) mass is 701 g/mol. The highest BCUT2D eigenvalue weighted by Gasteiger charge is 2.33. The van der Waals surface area contributed by atoms with Crippen LogP contribution in [0.4, 0.5) is 5.69 Å². The number of anilines is 1. The molecular weight excluding hydrogens is 672 g/mol. The van der Waals surface area contributed by atoms with E-state index in [1.54, 1.807) is 67.6 Å². The Bertz CT molecular complexity index is 1430. The molecule has 0 aliphatic heterocycles. The molecule has 7 nitrogen and oxygen atoms in total. The van der Waals surface area contributed by atoms with Crippen LogP contribution in [-0.4, -0.2) is 43.3 Å². The minimum absolute atomic E-state index is 0.0143. The topological polar surface area (TPSA) is 86.8 Å². The quantitative estimate of drug-likeness (QED) is 0.272. The van der Waals surface area contributed by atoms with E-state index in [2.05, 4.69) is 27.9 Å². The highest BCUT2D eigenvalue weighted by molar-refractivity contribution is 14.1. The second-order valence-corrected chi connectivity index (χ2v) is 13.9. The number of hydrogen-bond donors (Lipinski definition) is 1. The average molecular weight is 702 g/mol. The number of benzene rings is 3. The molecule has 0 aliphatic carbocycles. The van der Waals surface area contributed by atoms with Gasteiger partial charge in [-0.1, -0.05) is 47.5 Å². The van der Waals surface area contributed by atoms with Gasteiger partial charge in [-0.3, -0.25) is 13.9 Å². The number of halogens is 3. The molecule has 208 valence electrons. The molecule has 0 spiro atoms. The van der Waals surface area contributed by atoms with E-state index >= 15 is 0 Å². The van der Waals surface area contributed by atoms with Crippen LogP contribution >= 0.6 is 45.8 Å². The number of nitrogens with zero attached hydrogens (tertiary/aromatic N) is 2. The molecule has 0 heterocycles. The Labute approximate surface area is 253 Å². The minimum atomic E-state index is -4.11. The van der Waals surface area contributed by atoms with Crippen molar-refractivity contribution in [1.29, 1.82) is 0 Å². The minimum Gasteiger partial charge on any atom is -0.350 e. The highest BCUT2D eigenvalue weighted by Crippen LogP contribution is 2.27. The fourth-order valence-electron chi connectivity index (χ4n) is 3.75. The first kappa shape index (κ1) is 31.2. The van der Waals surface area contributed by atoms with Crippen LogP contribution in [0.2, 0.25) is 10.0 Å². The van der Waals surface area contributed by atoms with E-state index < -0.39 is 34.1 Å². The Morgan fingerprint density at radius 1 is 0.949 bits per heavy atom. The Morgan fingerprint density at radius 2 is 1.56 bits per heavy atom. The zero-order valence-corrected chi connectivity index (χ0v) is 26.5. The zero-order valence-electron chi connectivity index (χ0n) is 22.0. The van der Waals surface area contributed by atoms with Crippen molar-refractivity contribution in [2.24, 2.45) is 0 Å². The Balaban J connectivity index is 2.03. The lowest BCUT2D eigenvalue weighted by molar-refractivity contribution is -0.140. The lowest BCUT2D eigenvalue weighted by Crippen LogP contribution is -2.54. The fraction of sp³-hybridized carbons (Fsp3) is 0.286. The normalized spacial score (nSPS) is 12.5. The summed E-state index contributed by atoms with van der Waals surface area (Å²) in [5.74, 6) is -0.932. The summed E-state index contributed by atoms with van der Waals surface area (Å²) >= 11 is 14.4. The number of hydrogen-bond acceptors (Lipinski definition) is 4. The SMILES string of the molecule is C[C@@H](C(=O)NC(C)(C)C)N(Cc1ccc(Cl)c(Cl)c1)C(=O)CN(c1ccc(I)cc1)S(=O)(=O)c1ccccc1. The molecule has 3 aromatic carbocycles. The van der Waals surface area contributed by atoms with Crippen LogP contribution in [0, 0.1) is 3.57 Å². The molecule has 11 heteroatoms. The smallest absolute Gasteiger partial charge is 0.264 e. The average Bonchev–Trinajstić information content (AvgIpc) is 2.87. The molecule has 0 aliphatic rings. The van der Waals surface area contributed by atoms with Gasteiger partial charge in [-0.05, 0) is 104 Å². The third kappa shape index (κ3) is 8.33. The van der Waals surface area contributed by atoms with Crippen molar-refractivity contribution in [3.63, 3.8) is 0 Å². The molecule has 39 heavy (non-hydrogen) atoms. The summed E-state index contributed by atoms with van der Waals surface area (Å²) < 4.78 is 29.5. The van der Waals surface area contributed by atoms with Crippen LogP contribution in [0.25, 0.3) is 0 Å². The molecule has 2 amide bonds. The second-order valence-electron chi connectivity index (χ2n) is 9.99. The zero-order chi connectivity index (χ0) is 29.0. The number of carbonyl (C=O) groups excluding carboxylic acids is 2. The molecule has 1 atom stereocenters. The lowest BCUT2D eigenvalue weighted by Gasteiger charge is -2.33. The van der Waals surface area contributed by atoms with E-state index in [0.717, 1.165) is 7.88 Å². The van der Waals surface area contributed by atoms with Gasteiger partial charge in [-0.15, -0.1) is 0 Å². The van der Waals surface area contributed by atoms with Gasteiger partial charge in [0.2, 0.25) is 11.8 Å². The molecule has 3 rings (SSSR count). The van der Waals surface area contributed by atoms with Crippen LogP contribution in [0.15, 0.2) is 77.7 Å². The van der Waals surface area contributed by atoms with Gasteiger partial charge in [0.15, 0.2) is 0 Å². The summed E-state index contributed by atoms with van der Waals surface area (Å²) in [6, 6.07) is 18.8. The third-order valence-corrected chi connectivity index (χ3v) is 8.97. The first-order valence-corrected chi connectivity index (χ1v) is 15.4. The third-order valence-electron chi connectivity index (χ3n) is 5.73. The van der Waals surface area contributed by atoms with Gasteiger partial charge in [0.25, 0.3) is 10.0 Å². The summed E-state index contributed by atoms with van der Waals surface area (Å²) in [5, 5.41) is 3.56. The number of sulfonamides is 1. The van der Waals surface area contributed by atoms with E-state index in [1.807, 2.05) is 20.8 Å². The van der Waals surface area contributed by atoms with Crippen LogP contribution in [0.5, 0.6) is 0 Å². The molecular formula is C28H30Cl2IN3O4S. The van der Waals surface area contributed by atoms with Gasteiger partial charge < -0.3 is 10.2 Å². The van der Waals surface area contributed by atoms with Gasteiger partial charge >= 0.3 is 0 Å². The van der Waals surface area contributed by atoms with Crippen molar-refractivity contribution in [2.45, 2.75) is 50.7 Å². The summed E-state index contributed by atoms with van der Waals surface area (Å²) in [4.78, 5) is 28.5. The summed E-state index contributed by atoms with van der Waals surface area (Å²) in [6.45, 7) is 6.62. The van der Waals surface area contributed by atoms with Crippen molar-refractivity contribution in [2.75, 3.05) is 10.8 Å². The number of nitrogens with one attached hydrogen (secondary N) is 1. The molecule has 0 fully saturated rings. The van der Waals surface area contributed by atoms with E-state index in [1.165, 1.54) is 17.0 Å². The van der Waals surface area contributed by atoms with E-state index in [-0.39, 0.29) is 17.3 Å². The predicted molar refractivity (Wildman–Crippen MR) is 165 cm³/mol. The maximum atomic E-state index is 13.9. The Morgan fingerprint density at radius 3 is 2.13 bits per heavy atom. The van der Waals surface area contributed by atoms with Crippen molar-refractivity contribution in [3.05, 3.63) is 92.0 Å². The summed E-state index contributed by atoms with van der Waals surface area (Å²) in [7, 11) is -4.11. The van der Waals surface area contributed by atoms with Gasteiger partial charge in [-0.25, -0.2) is 8.42 Å². The molecule has 3 aromatic rings. The summed E-state index contributed by atoms with van der Waals surface area (Å²) in [5.41, 5.74) is 0.432. The van der Waals surface area contributed by atoms with Crippen LogP contribution in [0.1, 0.15) is 33.3 Å². The van der Waals surface area contributed by atoms with Crippen LogP contribution < -0.4 is 9.62 Å². The van der Waals surface area contributed by atoms with Crippen molar-refractivity contribution >= 4 is 73.3 Å². The van der Waals surface area contributed by atoms with Gasteiger partial charge in [0.1, 0.15) is 12.6 Å². The van der Waals surface area contributed by atoms with Gasteiger partial charge in [0, 0.05) is 15.7 Å². The first-order chi connectivity index (χ1) is 18.2. The standard InChI is InChI=1S/C28H30Cl2IN3O4S/c1-19(27(36)32-28(2,3)4)33(17-20-10-15-24(29)25(30)16-20)26(35)18-34(22-13-11-21(31)12-14-22)39(37,38)23-8-6-5-7-9-23/h5-16,19H,17-18H2,1-4H3,(H,32,36)/t19-/m0/s1.